The maximum Gasteiger partial charge on any atom is 0.227 e. The number of guanidine groups is 1. The van der Waals surface area contributed by atoms with Crippen molar-refractivity contribution < 1.29 is 9.59 Å². The van der Waals surface area contributed by atoms with Gasteiger partial charge in [0.15, 0.2) is 5.96 Å². The molecule has 3 N–H and O–H groups in total. The van der Waals surface area contributed by atoms with Crippen molar-refractivity contribution in [1.82, 2.24) is 20.9 Å². The van der Waals surface area contributed by atoms with Gasteiger partial charge in [0.25, 0.3) is 0 Å². The summed E-state index contributed by atoms with van der Waals surface area (Å²) in [5.74, 6) is 1.41. The first-order valence-electron chi connectivity index (χ1n) is 8.78. The van der Waals surface area contributed by atoms with Crippen molar-refractivity contribution in [3.05, 3.63) is 0 Å². The molecule has 1 rings (SSSR count). The quantitative estimate of drug-likeness (QED) is 0.488. The molecule has 0 saturated carbocycles. The minimum Gasteiger partial charge on any atom is -0.359 e. The number of hydrogen-bond acceptors (Lipinski definition) is 3. The third kappa shape index (κ3) is 6.02. The zero-order chi connectivity index (χ0) is 18.2. The average Bonchev–Trinajstić information content (AvgIpc) is 2.56. The molecule has 0 aromatic rings. The Morgan fingerprint density at radius 2 is 1.83 bits per heavy atom. The predicted molar refractivity (Wildman–Crippen MR) is 96.8 cm³/mol. The molecule has 138 valence electrons. The van der Waals surface area contributed by atoms with Crippen molar-refractivity contribution in [2.24, 2.45) is 16.3 Å². The lowest BCUT2D eigenvalue weighted by Gasteiger charge is -2.35. The van der Waals surface area contributed by atoms with Crippen molar-refractivity contribution in [3.63, 3.8) is 0 Å². The van der Waals surface area contributed by atoms with Crippen molar-refractivity contribution in [2.75, 3.05) is 40.3 Å². The van der Waals surface area contributed by atoms with Gasteiger partial charge in [-0.25, -0.2) is 0 Å². The Bertz CT molecular complexity index is 454. The Morgan fingerprint density at radius 1 is 1.21 bits per heavy atom. The maximum atomic E-state index is 12.1. The molecular weight excluding hydrogens is 306 g/mol. The van der Waals surface area contributed by atoms with Crippen molar-refractivity contribution in [2.45, 2.75) is 40.0 Å². The zero-order valence-electron chi connectivity index (χ0n) is 15.7. The van der Waals surface area contributed by atoms with Crippen LogP contribution in [0.15, 0.2) is 4.99 Å². The maximum absolute atomic E-state index is 12.1. The van der Waals surface area contributed by atoms with Crippen LogP contribution < -0.4 is 16.0 Å². The number of carbonyl (C=O) groups excluding carboxylic acids is 2. The van der Waals surface area contributed by atoms with Gasteiger partial charge in [-0.05, 0) is 39.5 Å². The molecule has 1 saturated heterocycles. The highest BCUT2D eigenvalue weighted by molar-refractivity contribution is 5.84. The highest BCUT2D eigenvalue weighted by Crippen LogP contribution is 2.21. The highest BCUT2D eigenvalue weighted by atomic mass is 16.2. The van der Waals surface area contributed by atoms with Crippen LogP contribution >= 0.6 is 0 Å². The van der Waals surface area contributed by atoms with Gasteiger partial charge < -0.3 is 20.9 Å². The third-order valence-corrected chi connectivity index (χ3v) is 4.52. The van der Waals surface area contributed by atoms with E-state index in [1.807, 2.05) is 20.8 Å². The Morgan fingerprint density at radius 3 is 2.33 bits per heavy atom. The molecule has 0 unspecified atom stereocenters. The number of piperidine rings is 1. The van der Waals surface area contributed by atoms with Gasteiger partial charge in [-0.3, -0.25) is 14.6 Å². The van der Waals surface area contributed by atoms with E-state index in [1.54, 1.807) is 14.1 Å². The topological polar surface area (TPSA) is 85.8 Å². The van der Waals surface area contributed by atoms with Gasteiger partial charge in [-0.1, -0.05) is 0 Å². The summed E-state index contributed by atoms with van der Waals surface area (Å²) in [6.45, 7) is 8.69. The van der Waals surface area contributed by atoms with Crippen LogP contribution in [-0.2, 0) is 9.59 Å². The lowest BCUT2D eigenvalue weighted by Crippen LogP contribution is -2.50. The second kappa shape index (κ2) is 9.49. The van der Waals surface area contributed by atoms with E-state index in [0.717, 1.165) is 31.9 Å². The zero-order valence-corrected chi connectivity index (χ0v) is 15.7. The van der Waals surface area contributed by atoms with E-state index in [-0.39, 0.29) is 11.8 Å². The van der Waals surface area contributed by atoms with Gasteiger partial charge in [0.2, 0.25) is 11.8 Å². The summed E-state index contributed by atoms with van der Waals surface area (Å²) in [4.78, 5) is 30.1. The van der Waals surface area contributed by atoms with Crippen molar-refractivity contribution in [1.29, 1.82) is 0 Å². The second-order valence-corrected chi connectivity index (χ2v) is 6.95. The minimum atomic E-state index is -0.497. The van der Waals surface area contributed by atoms with E-state index in [2.05, 4.69) is 25.8 Å². The van der Waals surface area contributed by atoms with Crippen LogP contribution in [0, 0.1) is 11.3 Å². The van der Waals surface area contributed by atoms with E-state index >= 15 is 0 Å². The molecule has 0 bridgehead atoms. The molecule has 1 fully saturated rings. The summed E-state index contributed by atoms with van der Waals surface area (Å²) in [7, 11) is 3.44. The molecule has 0 aromatic heterocycles. The number of nitrogens with one attached hydrogen (secondary N) is 3. The van der Waals surface area contributed by atoms with E-state index in [9.17, 15) is 9.59 Å². The molecule has 0 radical (unpaired) electrons. The second-order valence-electron chi connectivity index (χ2n) is 6.95. The van der Waals surface area contributed by atoms with Crippen molar-refractivity contribution >= 4 is 17.8 Å². The summed E-state index contributed by atoms with van der Waals surface area (Å²) in [5, 5.41) is 8.88. The average molecular weight is 339 g/mol. The van der Waals surface area contributed by atoms with Gasteiger partial charge in [0.1, 0.15) is 0 Å². The SMILES string of the molecule is CCNC(=O)C(C)(C)CNC(=NC)N1CCC(CC(=O)NC)CC1. The molecule has 24 heavy (non-hydrogen) atoms. The number of rotatable bonds is 6. The van der Waals surface area contributed by atoms with Crippen LogP contribution in [-0.4, -0.2) is 62.9 Å². The van der Waals surface area contributed by atoms with E-state index < -0.39 is 5.41 Å². The molecule has 0 aromatic carbocycles. The van der Waals surface area contributed by atoms with Crippen LogP contribution in [0.2, 0.25) is 0 Å². The Kier molecular flexibility index (Phi) is 8.01. The Balaban J connectivity index is 2.49. The fourth-order valence-electron chi connectivity index (χ4n) is 2.83. The Labute approximate surface area is 145 Å². The fourth-order valence-corrected chi connectivity index (χ4v) is 2.83. The molecule has 0 atom stereocenters. The van der Waals surface area contributed by atoms with Gasteiger partial charge in [0, 0.05) is 46.7 Å². The van der Waals surface area contributed by atoms with E-state index in [4.69, 9.17) is 0 Å². The van der Waals surface area contributed by atoms with Gasteiger partial charge in [-0.2, -0.15) is 0 Å². The Hall–Kier alpha value is -1.79. The standard InChI is InChI=1S/C17H33N5O2/c1-6-20-15(24)17(2,3)12-21-16(19-5)22-9-7-13(8-10-22)11-14(23)18-4/h13H,6-12H2,1-5H3,(H,18,23)(H,19,21)(H,20,24). The lowest BCUT2D eigenvalue weighted by molar-refractivity contribution is -0.128. The van der Waals surface area contributed by atoms with Crippen LogP contribution in [0.1, 0.15) is 40.0 Å². The molecule has 1 heterocycles. The van der Waals surface area contributed by atoms with Gasteiger partial charge in [0.05, 0.1) is 5.41 Å². The molecule has 2 amide bonds. The van der Waals surface area contributed by atoms with Crippen molar-refractivity contribution in [3.8, 4) is 0 Å². The lowest BCUT2D eigenvalue weighted by atomic mass is 9.92. The molecule has 1 aliphatic rings. The van der Waals surface area contributed by atoms with Crippen LogP contribution in [0.3, 0.4) is 0 Å². The molecule has 0 spiro atoms. The van der Waals surface area contributed by atoms with E-state index in [0.29, 0.717) is 25.4 Å². The summed E-state index contributed by atoms with van der Waals surface area (Å²) in [6.07, 6.45) is 2.56. The van der Waals surface area contributed by atoms with Gasteiger partial charge >= 0.3 is 0 Å². The number of likely N-dealkylation sites (tertiary alicyclic amines) is 1. The minimum absolute atomic E-state index is 0.0391. The summed E-state index contributed by atoms with van der Waals surface area (Å²) in [5.41, 5.74) is -0.497. The van der Waals surface area contributed by atoms with Crippen LogP contribution in [0.5, 0.6) is 0 Å². The summed E-state index contributed by atoms with van der Waals surface area (Å²) < 4.78 is 0. The number of aliphatic imine (C=N–C) groups is 1. The summed E-state index contributed by atoms with van der Waals surface area (Å²) >= 11 is 0. The first-order valence-corrected chi connectivity index (χ1v) is 8.78. The molecule has 7 nitrogen and oxygen atoms in total. The van der Waals surface area contributed by atoms with E-state index in [1.165, 1.54) is 0 Å². The number of carbonyl (C=O) groups is 2. The predicted octanol–water partition coefficient (Wildman–Crippen LogP) is 0.572. The normalized spacial score (nSPS) is 16.7. The smallest absolute Gasteiger partial charge is 0.227 e. The molecule has 1 aliphatic heterocycles. The largest absolute Gasteiger partial charge is 0.359 e. The van der Waals surface area contributed by atoms with Crippen LogP contribution in [0.25, 0.3) is 0 Å². The highest BCUT2D eigenvalue weighted by Gasteiger charge is 2.29. The monoisotopic (exact) mass is 339 g/mol. The third-order valence-electron chi connectivity index (χ3n) is 4.52. The fraction of sp³-hybridized carbons (Fsp3) is 0.824. The van der Waals surface area contributed by atoms with Gasteiger partial charge in [-0.15, -0.1) is 0 Å². The molecular formula is C17H33N5O2. The van der Waals surface area contributed by atoms with Crippen LogP contribution in [0.4, 0.5) is 0 Å². The summed E-state index contributed by atoms with van der Waals surface area (Å²) in [6, 6.07) is 0. The molecule has 7 heteroatoms. The number of nitrogens with zero attached hydrogens (tertiary/aromatic N) is 2. The number of hydrogen-bond donors (Lipinski definition) is 3. The first-order chi connectivity index (χ1) is 11.3. The number of amides is 2. The first kappa shape index (κ1) is 20.3. The molecule has 0 aliphatic carbocycles.